The Morgan fingerprint density at radius 2 is 1.71 bits per heavy atom. The Labute approximate surface area is 172 Å². The Balaban J connectivity index is 1.86. The molecule has 0 aromatic rings. The average Bonchev–Trinajstić information content (AvgIpc) is 2.67. The Morgan fingerprint density at radius 3 is 2.32 bits per heavy atom. The molecule has 0 spiro atoms. The first-order valence-electron chi connectivity index (χ1n) is 11.0. The zero-order chi connectivity index (χ0) is 20.7. The van der Waals surface area contributed by atoms with Crippen molar-refractivity contribution >= 4 is 16.1 Å². The highest BCUT2D eigenvalue weighted by molar-refractivity contribution is 7.86. The van der Waals surface area contributed by atoms with Gasteiger partial charge < -0.3 is 10.2 Å². The minimum absolute atomic E-state index is 0.000160. The van der Waals surface area contributed by atoms with Crippen molar-refractivity contribution in [1.82, 2.24) is 18.8 Å². The van der Waals surface area contributed by atoms with E-state index in [1.54, 1.807) is 8.61 Å². The summed E-state index contributed by atoms with van der Waals surface area (Å²) in [6, 6.07) is 0. The van der Waals surface area contributed by atoms with Crippen LogP contribution in [0.2, 0.25) is 0 Å². The summed E-state index contributed by atoms with van der Waals surface area (Å²) < 4.78 is 29.4. The molecule has 0 bridgehead atoms. The van der Waals surface area contributed by atoms with E-state index in [0.29, 0.717) is 44.6 Å². The summed E-state index contributed by atoms with van der Waals surface area (Å²) in [7, 11) is -3.48. The number of hydrogen-bond donors (Lipinski definition) is 1. The molecule has 0 radical (unpaired) electrons. The van der Waals surface area contributed by atoms with Crippen molar-refractivity contribution in [3.05, 3.63) is 0 Å². The van der Waals surface area contributed by atoms with Crippen LogP contribution < -0.4 is 5.32 Å². The van der Waals surface area contributed by atoms with E-state index in [1.807, 2.05) is 0 Å². The van der Waals surface area contributed by atoms with Crippen LogP contribution in [-0.4, -0.2) is 80.2 Å². The van der Waals surface area contributed by atoms with Crippen LogP contribution in [0, 0.1) is 17.8 Å². The quantitative estimate of drug-likeness (QED) is 0.582. The zero-order valence-electron chi connectivity index (χ0n) is 18.2. The molecule has 1 N–H and O–H groups in total. The first-order chi connectivity index (χ1) is 13.3. The third-order valence-electron chi connectivity index (χ3n) is 6.09. The summed E-state index contributed by atoms with van der Waals surface area (Å²) in [4.78, 5) is 14.9. The van der Waals surface area contributed by atoms with Crippen LogP contribution in [0.3, 0.4) is 0 Å². The van der Waals surface area contributed by atoms with E-state index >= 15 is 0 Å². The number of carbonyl (C=O) groups is 1. The standard InChI is InChI=1S/C20H40N4O3S/c1-5-22(6-2)11-8-10-21-20(25)19-9-7-12-23(16-19)28(26,27)24-14-17(3)13-18(4)15-24/h17-19H,5-16H2,1-4H3,(H,21,25). The van der Waals surface area contributed by atoms with Crippen LogP contribution in [0.25, 0.3) is 0 Å². The van der Waals surface area contributed by atoms with Gasteiger partial charge in [0.05, 0.1) is 5.92 Å². The lowest BCUT2D eigenvalue weighted by Crippen LogP contribution is -2.53. The summed E-state index contributed by atoms with van der Waals surface area (Å²) in [5.41, 5.74) is 0. The van der Waals surface area contributed by atoms with Crippen molar-refractivity contribution in [3.63, 3.8) is 0 Å². The second-order valence-electron chi connectivity index (χ2n) is 8.64. The maximum Gasteiger partial charge on any atom is 0.282 e. The molecule has 2 rings (SSSR count). The highest BCUT2D eigenvalue weighted by Gasteiger charge is 2.38. The number of amides is 1. The van der Waals surface area contributed by atoms with Gasteiger partial charge in [0.1, 0.15) is 0 Å². The number of nitrogens with one attached hydrogen (secondary N) is 1. The maximum absolute atomic E-state index is 13.1. The van der Waals surface area contributed by atoms with Crippen LogP contribution in [0.5, 0.6) is 0 Å². The fourth-order valence-electron chi connectivity index (χ4n) is 4.52. The molecule has 0 aliphatic carbocycles. The number of nitrogens with zero attached hydrogens (tertiary/aromatic N) is 3. The van der Waals surface area contributed by atoms with Gasteiger partial charge in [0.25, 0.3) is 10.2 Å². The molecule has 1 amide bonds. The van der Waals surface area contributed by atoms with Crippen molar-refractivity contribution < 1.29 is 13.2 Å². The van der Waals surface area contributed by atoms with Gasteiger partial charge in [-0.25, -0.2) is 0 Å². The topological polar surface area (TPSA) is 73.0 Å². The van der Waals surface area contributed by atoms with Crippen molar-refractivity contribution in [1.29, 1.82) is 0 Å². The molecule has 3 atom stereocenters. The maximum atomic E-state index is 13.1. The molecule has 2 fully saturated rings. The minimum atomic E-state index is -3.48. The van der Waals surface area contributed by atoms with Gasteiger partial charge in [-0.05, 0) is 57.2 Å². The number of rotatable bonds is 9. The Hall–Kier alpha value is -0.700. The van der Waals surface area contributed by atoms with E-state index in [2.05, 4.69) is 37.9 Å². The molecule has 2 heterocycles. The van der Waals surface area contributed by atoms with E-state index in [9.17, 15) is 13.2 Å². The van der Waals surface area contributed by atoms with Gasteiger partial charge in [0.15, 0.2) is 0 Å². The van der Waals surface area contributed by atoms with Crippen molar-refractivity contribution in [3.8, 4) is 0 Å². The van der Waals surface area contributed by atoms with E-state index in [4.69, 9.17) is 0 Å². The summed E-state index contributed by atoms with van der Waals surface area (Å²) in [6.45, 7) is 14.2. The normalized spacial score (nSPS) is 27.8. The Morgan fingerprint density at radius 1 is 1.07 bits per heavy atom. The smallest absolute Gasteiger partial charge is 0.282 e. The molecule has 3 unspecified atom stereocenters. The fourth-order valence-corrected chi connectivity index (χ4v) is 6.46. The van der Waals surface area contributed by atoms with Crippen molar-refractivity contribution in [2.75, 3.05) is 52.4 Å². The minimum Gasteiger partial charge on any atom is -0.356 e. The van der Waals surface area contributed by atoms with Gasteiger partial charge in [-0.3, -0.25) is 4.79 Å². The summed E-state index contributed by atoms with van der Waals surface area (Å²) >= 11 is 0. The fraction of sp³-hybridized carbons (Fsp3) is 0.950. The second kappa shape index (κ2) is 10.9. The largest absolute Gasteiger partial charge is 0.356 e. The molecular formula is C20H40N4O3S. The summed E-state index contributed by atoms with van der Waals surface area (Å²) in [6.07, 6.45) is 3.51. The second-order valence-corrected chi connectivity index (χ2v) is 10.6. The molecule has 28 heavy (non-hydrogen) atoms. The molecule has 7 nitrogen and oxygen atoms in total. The van der Waals surface area contributed by atoms with Gasteiger partial charge in [0, 0.05) is 32.7 Å². The van der Waals surface area contributed by atoms with Gasteiger partial charge in [-0.15, -0.1) is 0 Å². The van der Waals surface area contributed by atoms with Crippen molar-refractivity contribution in [2.45, 2.75) is 53.4 Å². The first-order valence-corrected chi connectivity index (χ1v) is 12.4. The van der Waals surface area contributed by atoms with Gasteiger partial charge >= 0.3 is 0 Å². The van der Waals surface area contributed by atoms with E-state index in [-0.39, 0.29) is 11.8 Å². The van der Waals surface area contributed by atoms with Crippen LogP contribution in [0.4, 0.5) is 0 Å². The molecule has 2 aliphatic heterocycles. The number of hydrogen-bond acceptors (Lipinski definition) is 4. The first kappa shape index (κ1) is 23.6. The Bertz CT molecular complexity index is 584. The molecule has 2 saturated heterocycles. The van der Waals surface area contributed by atoms with Crippen LogP contribution >= 0.6 is 0 Å². The lowest BCUT2D eigenvalue weighted by atomic mass is 9.94. The van der Waals surface area contributed by atoms with E-state index in [1.165, 1.54) is 0 Å². The summed E-state index contributed by atoms with van der Waals surface area (Å²) in [5.74, 6) is 0.526. The monoisotopic (exact) mass is 416 g/mol. The Kier molecular flexibility index (Phi) is 9.18. The molecule has 164 valence electrons. The lowest BCUT2D eigenvalue weighted by Gasteiger charge is -2.39. The predicted molar refractivity (Wildman–Crippen MR) is 113 cm³/mol. The van der Waals surface area contributed by atoms with Crippen molar-refractivity contribution in [2.24, 2.45) is 17.8 Å². The highest BCUT2D eigenvalue weighted by Crippen LogP contribution is 2.27. The molecule has 2 aliphatic rings. The van der Waals surface area contributed by atoms with Gasteiger partial charge in [0.2, 0.25) is 5.91 Å². The van der Waals surface area contributed by atoms with Crippen LogP contribution in [0.1, 0.15) is 53.4 Å². The molecule has 0 aromatic heterocycles. The lowest BCUT2D eigenvalue weighted by molar-refractivity contribution is -0.126. The van der Waals surface area contributed by atoms with E-state index < -0.39 is 10.2 Å². The molecular weight excluding hydrogens is 376 g/mol. The van der Waals surface area contributed by atoms with Gasteiger partial charge in [-0.2, -0.15) is 17.0 Å². The molecule has 0 aromatic carbocycles. The van der Waals surface area contributed by atoms with Crippen LogP contribution in [-0.2, 0) is 15.0 Å². The summed E-state index contributed by atoms with van der Waals surface area (Å²) in [5, 5.41) is 3.02. The predicted octanol–water partition coefficient (Wildman–Crippen LogP) is 1.77. The van der Waals surface area contributed by atoms with Gasteiger partial charge in [-0.1, -0.05) is 27.7 Å². The van der Waals surface area contributed by atoms with Crippen LogP contribution in [0.15, 0.2) is 0 Å². The third kappa shape index (κ3) is 6.40. The molecule has 0 saturated carbocycles. The average molecular weight is 417 g/mol. The van der Waals surface area contributed by atoms with E-state index in [0.717, 1.165) is 45.3 Å². The molecule has 8 heteroatoms. The zero-order valence-corrected chi connectivity index (χ0v) is 19.0. The SMILES string of the molecule is CCN(CC)CCCNC(=O)C1CCCN(S(=O)(=O)N2CC(C)CC(C)C2)C1. The number of piperidine rings is 2. The highest BCUT2D eigenvalue weighted by atomic mass is 32.2. The number of carbonyl (C=O) groups excluding carboxylic acids is 1. The third-order valence-corrected chi connectivity index (χ3v) is 8.02.